The van der Waals surface area contributed by atoms with Crippen molar-refractivity contribution in [3.8, 4) is 0 Å². The van der Waals surface area contributed by atoms with E-state index in [2.05, 4.69) is 44.2 Å². The van der Waals surface area contributed by atoms with Crippen LogP contribution in [0.25, 0.3) is 0 Å². The van der Waals surface area contributed by atoms with Crippen molar-refractivity contribution in [2.75, 3.05) is 0 Å². The molecule has 0 radical (unpaired) electrons. The molecule has 3 aliphatic carbocycles. The molecule has 0 spiro atoms. The topological polar surface area (TPSA) is 20.2 Å². The van der Waals surface area contributed by atoms with Gasteiger partial charge in [0.15, 0.2) is 0 Å². The summed E-state index contributed by atoms with van der Waals surface area (Å²) >= 11 is 0. The lowest BCUT2D eigenvalue weighted by Crippen LogP contribution is -2.53. The van der Waals surface area contributed by atoms with Gasteiger partial charge in [-0.05, 0) is 55.4 Å². The molecular formula is C20H30O. The van der Waals surface area contributed by atoms with Crippen molar-refractivity contribution in [3.63, 3.8) is 0 Å². The van der Waals surface area contributed by atoms with E-state index in [1.165, 1.54) is 50.5 Å². The molecule has 0 aliphatic heterocycles. The molecule has 0 amide bonds. The lowest BCUT2D eigenvalue weighted by molar-refractivity contribution is -0.0781. The van der Waals surface area contributed by atoms with Crippen LogP contribution in [0.4, 0.5) is 0 Å². The van der Waals surface area contributed by atoms with Gasteiger partial charge in [-0.25, -0.2) is 0 Å². The van der Waals surface area contributed by atoms with Crippen molar-refractivity contribution in [2.45, 2.75) is 76.7 Å². The van der Waals surface area contributed by atoms with E-state index in [-0.39, 0.29) is 11.5 Å². The van der Waals surface area contributed by atoms with Crippen LogP contribution in [-0.4, -0.2) is 11.2 Å². The maximum atomic E-state index is 10.9. The first kappa shape index (κ1) is 15.1. The Morgan fingerprint density at radius 1 is 1.10 bits per heavy atom. The summed E-state index contributed by atoms with van der Waals surface area (Å²) in [5.41, 5.74) is 1.87. The average Bonchev–Trinajstić information content (AvgIpc) is 2.49. The van der Waals surface area contributed by atoms with Crippen LogP contribution in [0.5, 0.6) is 0 Å². The first-order valence-electron chi connectivity index (χ1n) is 8.80. The highest BCUT2D eigenvalue weighted by atomic mass is 16.3. The van der Waals surface area contributed by atoms with Crippen LogP contribution in [0.2, 0.25) is 0 Å². The van der Waals surface area contributed by atoms with Gasteiger partial charge >= 0.3 is 0 Å². The molecule has 1 heteroatoms. The fraction of sp³-hybridized carbons (Fsp3) is 0.700. The van der Waals surface area contributed by atoms with E-state index in [0.717, 1.165) is 12.3 Å². The van der Waals surface area contributed by atoms with Gasteiger partial charge in [0.2, 0.25) is 0 Å². The molecule has 0 aromatic heterocycles. The normalized spacial score (nSPS) is 35.3. The van der Waals surface area contributed by atoms with Gasteiger partial charge in [-0.3, -0.25) is 0 Å². The van der Waals surface area contributed by atoms with Gasteiger partial charge in [0, 0.05) is 5.41 Å². The minimum absolute atomic E-state index is 0.0566. The summed E-state index contributed by atoms with van der Waals surface area (Å²) < 4.78 is 0. The summed E-state index contributed by atoms with van der Waals surface area (Å²) in [5, 5.41) is 10.9. The zero-order valence-corrected chi connectivity index (χ0v) is 13.6. The first-order chi connectivity index (χ1) is 10.1. The van der Waals surface area contributed by atoms with Crippen LogP contribution in [0, 0.1) is 11.3 Å². The lowest BCUT2D eigenvalue weighted by atomic mass is 9.49. The maximum Gasteiger partial charge on any atom is 0.0642 e. The van der Waals surface area contributed by atoms with Gasteiger partial charge in [0.1, 0.15) is 0 Å². The van der Waals surface area contributed by atoms with Crippen molar-refractivity contribution in [3.05, 3.63) is 35.9 Å². The lowest BCUT2D eigenvalue weighted by Gasteiger charge is -2.57. The zero-order chi connectivity index (χ0) is 14.9. The predicted molar refractivity (Wildman–Crippen MR) is 88.3 cm³/mol. The number of hydrogen-bond donors (Lipinski definition) is 1. The Bertz CT molecular complexity index is 454. The molecule has 1 aromatic carbocycles. The van der Waals surface area contributed by atoms with Gasteiger partial charge in [0.25, 0.3) is 0 Å². The molecule has 3 aliphatic rings. The SMILES string of the molecule is CC(C)CCCC12CCC(c3ccccc3)(CC1)[C@H](O)C2. The third kappa shape index (κ3) is 2.77. The maximum absolute atomic E-state index is 10.9. The number of benzene rings is 1. The quantitative estimate of drug-likeness (QED) is 0.800. The van der Waals surface area contributed by atoms with Crippen LogP contribution < -0.4 is 0 Å². The average molecular weight is 286 g/mol. The van der Waals surface area contributed by atoms with E-state index in [1.807, 2.05) is 0 Å². The van der Waals surface area contributed by atoms with Crippen molar-refractivity contribution in [1.82, 2.24) is 0 Å². The van der Waals surface area contributed by atoms with Crippen molar-refractivity contribution in [1.29, 1.82) is 0 Å². The minimum Gasteiger partial charge on any atom is -0.392 e. The zero-order valence-electron chi connectivity index (χ0n) is 13.6. The molecule has 21 heavy (non-hydrogen) atoms. The number of hydrogen-bond acceptors (Lipinski definition) is 1. The standard InChI is InChI=1S/C20H30O/c1-16(2)7-6-10-19-11-13-20(14-12-19,18(21)15-19)17-8-4-3-5-9-17/h3-5,8-9,16,18,21H,6-7,10-15H2,1-2H3/t18-,19?,20?/m1/s1. The molecule has 0 saturated heterocycles. The first-order valence-corrected chi connectivity index (χ1v) is 8.80. The molecule has 4 rings (SSSR count). The van der Waals surface area contributed by atoms with Gasteiger partial charge in [0.05, 0.1) is 6.10 Å². The van der Waals surface area contributed by atoms with Gasteiger partial charge in [-0.2, -0.15) is 0 Å². The molecule has 1 aromatic rings. The fourth-order valence-corrected chi connectivity index (χ4v) is 4.86. The number of rotatable bonds is 5. The molecule has 2 bridgehead atoms. The van der Waals surface area contributed by atoms with E-state index in [0.29, 0.717) is 5.41 Å². The molecule has 1 N–H and O–H groups in total. The van der Waals surface area contributed by atoms with Crippen LogP contribution >= 0.6 is 0 Å². The molecule has 3 fully saturated rings. The highest BCUT2D eigenvalue weighted by molar-refractivity contribution is 5.30. The Hall–Kier alpha value is -0.820. The number of aliphatic hydroxyl groups is 1. The third-order valence-corrected chi connectivity index (χ3v) is 6.30. The monoisotopic (exact) mass is 286 g/mol. The molecule has 1 atom stereocenters. The predicted octanol–water partition coefficient (Wildman–Crippen LogP) is 5.08. The minimum atomic E-state index is -0.138. The summed E-state index contributed by atoms with van der Waals surface area (Å²) in [7, 11) is 0. The summed E-state index contributed by atoms with van der Waals surface area (Å²) in [4.78, 5) is 0. The van der Waals surface area contributed by atoms with Gasteiger partial charge < -0.3 is 5.11 Å². The Morgan fingerprint density at radius 3 is 2.33 bits per heavy atom. The van der Waals surface area contributed by atoms with Crippen LogP contribution in [-0.2, 0) is 5.41 Å². The Morgan fingerprint density at radius 2 is 1.76 bits per heavy atom. The number of fused-ring (bicyclic) bond motifs is 3. The Labute approximate surface area is 129 Å². The molecule has 3 saturated carbocycles. The second-order valence-corrected chi connectivity index (χ2v) is 8.03. The largest absolute Gasteiger partial charge is 0.392 e. The second-order valence-electron chi connectivity index (χ2n) is 8.03. The summed E-state index contributed by atoms with van der Waals surface area (Å²) in [6.07, 6.45) is 9.88. The van der Waals surface area contributed by atoms with Gasteiger partial charge in [-0.1, -0.05) is 57.0 Å². The highest BCUT2D eigenvalue weighted by Crippen LogP contribution is 2.59. The van der Waals surface area contributed by atoms with Crippen LogP contribution in [0.3, 0.4) is 0 Å². The molecule has 0 heterocycles. The molecule has 116 valence electrons. The summed E-state index contributed by atoms with van der Waals surface area (Å²) in [6.45, 7) is 4.63. The smallest absolute Gasteiger partial charge is 0.0642 e. The summed E-state index contributed by atoms with van der Waals surface area (Å²) in [5.74, 6) is 0.807. The third-order valence-electron chi connectivity index (χ3n) is 6.30. The van der Waals surface area contributed by atoms with E-state index >= 15 is 0 Å². The molecular weight excluding hydrogens is 256 g/mol. The number of aliphatic hydroxyl groups excluding tert-OH is 1. The molecule has 1 nitrogen and oxygen atoms in total. The van der Waals surface area contributed by atoms with Crippen molar-refractivity contribution >= 4 is 0 Å². The van der Waals surface area contributed by atoms with E-state index in [1.54, 1.807) is 0 Å². The Balaban J connectivity index is 1.71. The summed E-state index contributed by atoms with van der Waals surface area (Å²) in [6, 6.07) is 10.8. The van der Waals surface area contributed by atoms with Gasteiger partial charge in [-0.15, -0.1) is 0 Å². The van der Waals surface area contributed by atoms with E-state index in [4.69, 9.17) is 0 Å². The second kappa shape index (κ2) is 5.76. The Kier molecular flexibility index (Phi) is 4.14. The van der Waals surface area contributed by atoms with Crippen LogP contribution in [0.15, 0.2) is 30.3 Å². The van der Waals surface area contributed by atoms with E-state index < -0.39 is 0 Å². The molecule has 0 unspecified atom stereocenters. The van der Waals surface area contributed by atoms with E-state index in [9.17, 15) is 5.11 Å². The fourth-order valence-electron chi connectivity index (χ4n) is 4.86. The van der Waals surface area contributed by atoms with Crippen LogP contribution in [0.1, 0.15) is 70.8 Å². The van der Waals surface area contributed by atoms with Crippen molar-refractivity contribution in [2.24, 2.45) is 11.3 Å². The highest BCUT2D eigenvalue weighted by Gasteiger charge is 2.54. The van der Waals surface area contributed by atoms with Crippen molar-refractivity contribution < 1.29 is 5.11 Å².